The lowest BCUT2D eigenvalue weighted by atomic mass is 10.1. The fourth-order valence-electron chi connectivity index (χ4n) is 3.15. The molecule has 6 nitrogen and oxygen atoms in total. The van der Waals surface area contributed by atoms with Gasteiger partial charge in [-0.2, -0.15) is 4.98 Å². The molecule has 2 aromatic heterocycles. The molecule has 0 amide bonds. The van der Waals surface area contributed by atoms with Gasteiger partial charge in [0.25, 0.3) is 0 Å². The predicted octanol–water partition coefficient (Wildman–Crippen LogP) is 2.10. The van der Waals surface area contributed by atoms with Crippen molar-refractivity contribution in [3.05, 3.63) is 41.8 Å². The molecule has 1 aliphatic heterocycles. The van der Waals surface area contributed by atoms with Crippen molar-refractivity contribution in [1.82, 2.24) is 25.3 Å². The number of pyridine rings is 1. The van der Waals surface area contributed by atoms with Crippen molar-refractivity contribution in [3.63, 3.8) is 0 Å². The van der Waals surface area contributed by atoms with E-state index in [2.05, 4.69) is 31.4 Å². The molecule has 23 heavy (non-hydrogen) atoms. The topological polar surface area (TPSA) is 67.1 Å². The molecule has 1 N–H and O–H groups in total. The first-order chi connectivity index (χ1) is 11.4. The number of nitrogens with zero attached hydrogens (tertiary/aromatic N) is 4. The highest BCUT2D eigenvalue weighted by Crippen LogP contribution is 2.38. The Labute approximate surface area is 136 Å². The lowest BCUT2D eigenvalue weighted by Crippen LogP contribution is -2.45. The Kier molecular flexibility index (Phi) is 4.35. The lowest BCUT2D eigenvalue weighted by molar-refractivity contribution is 0.177. The minimum atomic E-state index is 0.501. The molecule has 0 aromatic carbocycles. The lowest BCUT2D eigenvalue weighted by Gasteiger charge is -2.32. The summed E-state index contributed by atoms with van der Waals surface area (Å²) in [6, 6.07) is 6.55. The van der Waals surface area contributed by atoms with Crippen LogP contribution in [0, 0.1) is 0 Å². The van der Waals surface area contributed by atoms with Crippen LogP contribution in [-0.4, -0.2) is 39.2 Å². The molecule has 1 atom stereocenters. The molecular weight excluding hydrogens is 290 g/mol. The van der Waals surface area contributed by atoms with Crippen LogP contribution in [0.15, 0.2) is 28.9 Å². The molecular formula is C17H23N5O. The first kappa shape index (κ1) is 14.8. The smallest absolute Gasteiger partial charge is 0.229 e. The normalized spacial score (nSPS) is 22.3. The number of hydrogen-bond acceptors (Lipinski definition) is 6. The highest BCUT2D eigenvalue weighted by atomic mass is 16.5. The van der Waals surface area contributed by atoms with Gasteiger partial charge in [0.1, 0.15) is 0 Å². The molecule has 1 aliphatic carbocycles. The predicted molar refractivity (Wildman–Crippen MR) is 85.6 cm³/mol. The Morgan fingerprint density at radius 2 is 2.22 bits per heavy atom. The number of likely N-dealkylation sites (tertiary alicyclic amines) is 1. The van der Waals surface area contributed by atoms with Crippen LogP contribution in [0.1, 0.15) is 49.0 Å². The largest absolute Gasteiger partial charge is 0.339 e. The first-order valence-electron chi connectivity index (χ1n) is 8.55. The number of hydrogen-bond donors (Lipinski definition) is 1. The van der Waals surface area contributed by atoms with E-state index in [1.54, 1.807) is 0 Å². The van der Waals surface area contributed by atoms with Gasteiger partial charge < -0.3 is 9.84 Å². The Balaban J connectivity index is 1.28. The van der Waals surface area contributed by atoms with Crippen molar-refractivity contribution < 1.29 is 4.52 Å². The summed E-state index contributed by atoms with van der Waals surface area (Å²) in [7, 11) is 0. The number of piperidine rings is 1. The molecule has 6 heteroatoms. The zero-order valence-electron chi connectivity index (χ0n) is 13.3. The average molecular weight is 313 g/mol. The monoisotopic (exact) mass is 313 g/mol. The SMILES string of the molecule is c1ccc(CNC2CCCN(Cc3noc(C4CC4)n3)C2)nc1. The van der Waals surface area contributed by atoms with Crippen molar-refractivity contribution in [1.29, 1.82) is 0 Å². The van der Waals surface area contributed by atoms with Gasteiger partial charge in [0, 0.05) is 31.2 Å². The van der Waals surface area contributed by atoms with Crippen molar-refractivity contribution in [2.75, 3.05) is 13.1 Å². The van der Waals surface area contributed by atoms with E-state index in [1.807, 2.05) is 18.3 Å². The third-order valence-electron chi connectivity index (χ3n) is 4.58. The Hall–Kier alpha value is -1.79. The maximum atomic E-state index is 5.35. The number of aromatic nitrogens is 3. The van der Waals surface area contributed by atoms with Crippen LogP contribution in [0.3, 0.4) is 0 Å². The first-order valence-corrected chi connectivity index (χ1v) is 8.55. The average Bonchev–Trinajstić information content (AvgIpc) is 3.34. The van der Waals surface area contributed by atoms with E-state index in [-0.39, 0.29) is 0 Å². The number of nitrogens with one attached hydrogen (secondary N) is 1. The van der Waals surface area contributed by atoms with E-state index in [4.69, 9.17) is 4.52 Å². The van der Waals surface area contributed by atoms with Gasteiger partial charge in [-0.25, -0.2) is 0 Å². The molecule has 1 saturated carbocycles. The van der Waals surface area contributed by atoms with Crippen LogP contribution in [0.4, 0.5) is 0 Å². The van der Waals surface area contributed by atoms with E-state index < -0.39 is 0 Å². The molecule has 1 unspecified atom stereocenters. The third-order valence-corrected chi connectivity index (χ3v) is 4.58. The zero-order chi connectivity index (χ0) is 15.5. The van der Waals surface area contributed by atoms with Gasteiger partial charge in [-0.1, -0.05) is 11.2 Å². The van der Waals surface area contributed by atoms with Gasteiger partial charge in [0.15, 0.2) is 5.82 Å². The molecule has 122 valence electrons. The molecule has 0 radical (unpaired) electrons. The summed E-state index contributed by atoms with van der Waals surface area (Å²) < 4.78 is 5.35. The van der Waals surface area contributed by atoms with Crippen molar-refractivity contribution in [2.45, 2.75) is 50.7 Å². The summed E-state index contributed by atoms with van der Waals surface area (Å²) >= 11 is 0. The van der Waals surface area contributed by atoms with Crippen LogP contribution in [0.2, 0.25) is 0 Å². The van der Waals surface area contributed by atoms with E-state index in [1.165, 1.54) is 25.7 Å². The molecule has 1 saturated heterocycles. The summed E-state index contributed by atoms with van der Waals surface area (Å²) in [5, 5.41) is 7.75. The molecule has 2 fully saturated rings. The van der Waals surface area contributed by atoms with Crippen LogP contribution in [0.5, 0.6) is 0 Å². The highest BCUT2D eigenvalue weighted by Gasteiger charge is 2.30. The maximum Gasteiger partial charge on any atom is 0.229 e. The number of rotatable bonds is 6. The third kappa shape index (κ3) is 3.95. The van der Waals surface area contributed by atoms with Crippen LogP contribution in [0.25, 0.3) is 0 Å². The molecule has 3 heterocycles. The van der Waals surface area contributed by atoms with Gasteiger partial charge in [0.05, 0.1) is 12.2 Å². The van der Waals surface area contributed by atoms with Crippen LogP contribution >= 0.6 is 0 Å². The summed E-state index contributed by atoms with van der Waals surface area (Å²) in [6.07, 6.45) is 6.66. The minimum Gasteiger partial charge on any atom is -0.339 e. The maximum absolute atomic E-state index is 5.35. The molecule has 0 bridgehead atoms. The molecule has 2 aliphatic rings. The Bertz CT molecular complexity index is 625. The van der Waals surface area contributed by atoms with Crippen molar-refractivity contribution in [2.24, 2.45) is 0 Å². The van der Waals surface area contributed by atoms with Gasteiger partial charge in [-0.15, -0.1) is 0 Å². The quantitative estimate of drug-likeness (QED) is 0.881. The fraction of sp³-hybridized carbons (Fsp3) is 0.588. The van der Waals surface area contributed by atoms with Crippen molar-refractivity contribution in [3.8, 4) is 0 Å². The fourth-order valence-corrected chi connectivity index (χ4v) is 3.15. The van der Waals surface area contributed by atoms with E-state index >= 15 is 0 Å². The zero-order valence-corrected chi connectivity index (χ0v) is 13.3. The molecule has 4 rings (SSSR count). The van der Waals surface area contributed by atoms with Crippen molar-refractivity contribution >= 4 is 0 Å². The Morgan fingerprint density at radius 1 is 1.26 bits per heavy atom. The standard InChI is InChI=1S/C17H23N5O/c1-2-8-18-14(4-1)10-19-15-5-3-9-22(11-15)12-16-20-17(23-21-16)13-6-7-13/h1-2,4,8,13,15,19H,3,5-7,9-12H2. The van der Waals surface area contributed by atoms with E-state index in [0.29, 0.717) is 12.0 Å². The summed E-state index contributed by atoms with van der Waals surface area (Å²) in [6.45, 7) is 3.75. The molecule has 0 spiro atoms. The van der Waals surface area contributed by atoms with Crippen LogP contribution < -0.4 is 5.32 Å². The second-order valence-corrected chi connectivity index (χ2v) is 6.60. The van der Waals surface area contributed by atoms with E-state index in [0.717, 1.165) is 43.6 Å². The minimum absolute atomic E-state index is 0.501. The van der Waals surface area contributed by atoms with Gasteiger partial charge in [-0.3, -0.25) is 9.88 Å². The highest BCUT2D eigenvalue weighted by molar-refractivity contribution is 5.04. The van der Waals surface area contributed by atoms with E-state index in [9.17, 15) is 0 Å². The second kappa shape index (κ2) is 6.76. The van der Waals surface area contributed by atoms with Gasteiger partial charge >= 0.3 is 0 Å². The Morgan fingerprint density at radius 3 is 3.04 bits per heavy atom. The second-order valence-electron chi connectivity index (χ2n) is 6.60. The van der Waals surface area contributed by atoms with Gasteiger partial charge in [-0.05, 0) is 44.4 Å². The summed E-state index contributed by atoms with van der Waals surface area (Å²) in [5.41, 5.74) is 1.09. The molecule has 2 aromatic rings. The summed E-state index contributed by atoms with van der Waals surface area (Å²) in [5.74, 6) is 2.20. The summed E-state index contributed by atoms with van der Waals surface area (Å²) in [4.78, 5) is 11.3. The van der Waals surface area contributed by atoms with Crippen LogP contribution in [-0.2, 0) is 13.1 Å². The van der Waals surface area contributed by atoms with Gasteiger partial charge in [0.2, 0.25) is 5.89 Å².